The fraction of sp³-hybridized carbons (Fsp3) is 0.684. The summed E-state index contributed by atoms with van der Waals surface area (Å²) in [6.45, 7) is 3.07. The largest absolute Gasteiger partial charge is 0.393 e. The van der Waals surface area contributed by atoms with Crippen LogP contribution in [0.15, 0.2) is 24.3 Å². The van der Waals surface area contributed by atoms with Crippen LogP contribution in [0, 0.1) is 11.8 Å². The summed E-state index contributed by atoms with van der Waals surface area (Å²) in [6.07, 6.45) is 7.92. The van der Waals surface area contributed by atoms with Gasteiger partial charge in [-0.1, -0.05) is 50.5 Å². The van der Waals surface area contributed by atoms with Crippen LogP contribution in [0.1, 0.15) is 62.7 Å². The van der Waals surface area contributed by atoms with Gasteiger partial charge in [-0.05, 0) is 42.2 Å². The molecular weight excluding hydrogens is 260 g/mol. The van der Waals surface area contributed by atoms with Gasteiger partial charge in [0, 0.05) is 6.42 Å². The van der Waals surface area contributed by atoms with Crippen LogP contribution >= 0.6 is 0 Å². The first-order chi connectivity index (χ1) is 10.3. The Bertz CT molecular complexity index is 457. The summed E-state index contributed by atoms with van der Waals surface area (Å²) in [4.78, 5) is 0. The third kappa shape index (κ3) is 3.49. The van der Waals surface area contributed by atoms with Crippen molar-refractivity contribution < 1.29 is 9.84 Å². The van der Waals surface area contributed by atoms with Crippen LogP contribution in [0.5, 0.6) is 0 Å². The molecule has 4 unspecified atom stereocenters. The normalized spacial score (nSPS) is 30.7. The molecule has 1 heterocycles. The fourth-order valence-corrected chi connectivity index (χ4v) is 4.14. The molecule has 1 aliphatic heterocycles. The van der Waals surface area contributed by atoms with E-state index in [2.05, 4.69) is 31.2 Å². The van der Waals surface area contributed by atoms with Crippen molar-refractivity contribution in [1.29, 1.82) is 0 Å². The predicted octanol–water partition coefficient (Wildman–Crippen LogP) is 4.27. The average Bonchev–Trinajstić information content (AvgIpc) is 2.55. The zero-order valence-corrected chi connectivity index (χ0v) is 13.1. The Hall–Kier alpha value is -0.860. The second kappa shape index (κ2) is 6.93. The highest BCUT2D eigenvalue weighted by Crippen LogP contribution is 2.37. The lowest BCUT2D eigenvalue weighted by Gasteiger charge is -2.34. The topological polar surface area (TPSA) is 29.5 Å². The summed E-state index contributed by atoms with van der Waals surface area (Å²) in [6, 6.07) is 8.55. The molecule has 0 bridgehead atoms. The fourth-order valence-electron chi connectivity index (χ4n) is 4.14. The zero-order chi connectivity index (χ0) is 14.7. The van der Waals surface area contributed by atoms with Gasteiger partial charge >= 0.3 is 0 Å². The highest BCUT2D eigenvalue weighted by molar-refractivity contribution is 5.30. The van der Waals surface area contributed by atoms with Crippen molar-refractivity contribution in [3.8, 4) is 0 Å². The molecule has 2 aliphatic rings. The maximum atomic E-state index is 10.7. The summed E-state index contributed by atoms with van der Waals surface area (Å²) in [5.41, 5.74) is 2.70. The van der Waals surface area contributed by atoms with Crippen LogP contribution in [0.3, 0.4) is 0 Å². The molecule has 3 rings (SSSR count). The maximum Gasteiger partial charge on any atom is 0.0852 e. The Morgan fingerprint density at radius 1 is 1.29 bits per heavy atom. The lowest BCUT2D eigenvalue weighted by atomic mass is 9.76. The number of rotatable bonds is 4. The summed E-state index contributed by atoms with van der Waals surface area (Å²) < 4.78 is 5.96. The Kier molecular flexibility index (Phi) is 4.97. The molecule has 21 heavy (non-hydrogen) atoms. The number of ether oxygens (including phenoxy) is 1. The van der Waals surface area contributed by atoms with Gasteiger partial charge in [0.1, 0.15) is 0 Å². The molecule has 0 radical (unpaired) electrons. The van der Waals surface area contributed by atoms with Gasteiger partial charge in [0.2, 0.25) is 0 Å². The van der Waals surface area contributed by atoms with Crippen LogP contribution in [0.4, 0.5) is 0 Å². The van der Waals surface area contributed by atoms with Crippen LogP contribution in [-0.2, 0) is 11.2 Å². The first-order valence-electron chi connectivity index (χ1n) is 8.65. The molecule has 0 saturated heterocycles. The van der Waals surface area contributed by atoms with Gasteiger partial charge in [0.15, 0.2) is 0 Å². The van der Waals surface area contributed by atoms with Crippen molar-refractivity contribution in [3.63, 3.8) is 0 Å². The van der Waals surface area contributed by atoms with Crippen LogP contribution in [0.2, 0.25) is 0 Å². The standard InChI is InChI=1S/C19H28O2/c1-2-14-6-5-8-16(12-14)18(20)13-19-17-9-4-3-7-15(17)10-11-21-19/h3-4,7,9,14,16,18-20H,2,5-6,8,10-13H2,1H3. The molecule has 2 nitrogen and oxygen atoms in total. The van der Waals surface area contributed by atoms with Gasteiger partial charge in [-0.15, -0.1) is 0 Å². The Labute approximate surface area is 128 Å². The second-order valence-corrected chi connectivity index (χ2v) is 6.81. The van der Waals surface area contributed by atoms with E-state index in [1.54, 1.807) is 0 Å². The van der Waals surface area contributed by atoms with E-state index in [0.717, 1.165) is 25.4 Å². The maximum absolute atomic E-state index is 10.7. The summed E-state index contributed by atoms with van der Waals surface area (Å²) in [5.74, 6) is 1.29. The third-order valence-electron chi connectivity index (χ3n) is 5.49. The average molecular weight is 288 g/mol. The molecule has 116 valence electrons. The minimum absolute atomic E-state index is 0.0898. The molecular formula is C19H28O2. The lowest BCUT2D eigenvalue weighted by Crippen LogP contribution is -2.30. The Morgan fingerprint density at radius 3 is 3.00 bits per heavy atom. The van der Waals surface area contributed by atoms with Crippen molar-refractivity contribution >= 4 is 0 Å². The monoisotopic (exact) mass is 288 g/mol. The number of benzene rings is 1. The number of aliphatic hydroxyl groups is 1. The van der Waals surface area contributed by atoms with Gasteiger partial charge in [0.25, 0.3) is 0 Å². The van der Waals surface area contributed by atoms with Crippen LogP contribution in [-0.4, -0.2) is 17.8 Å². The minimum atomic E-state index is -0.212. The molecule has 2 heteroatoms. The zero-order valence-electron chi connectivity index (χ0n) is 13.1. The number of hydrogen-bond acceptors (Lipinski definition) is 2. The molecule has 1 aromatic rings. The van der Waals surface area contributed by atoms with E-state index < -0.39 is 0 Å². The first kappa shape index (κ1) is 15.1. The number of aliphatic hydroxyl groups excluding tert-OH is 1. The van der Waals surface area contributed by atoms with Crippen molar-refractivity contribution in [2.75, 3.05) is 6.61 Å². The SMILES string of the molecule is CCC1CCCC(C(O)CC2OCCc3ccccc32)C1. The number of fused-ring (bicyclic) bond motifs is 1. The molecule has 1 N–H and O–H groups in total. The quantitative estimate of drug-likeness (QED) is 0.896. The van der Waals surface area contributed by atoms with Crippen LogP contribution < -0.4 is 0 Å². The minimum Gasteiger partial charge on any atom is -0.393 e. The molecule has 1 saturated carbocycles. The third-order valence-corrected chi connectivity index (χ3v) is 5.49. The molecule has 1 aromatic carbocycles. The van der Waals surface area contributed by atoms with Crippen molar-refractivity contribution in [3.05, 3.63) is 35.4 Å². The van der Waals surface area contributed by atoms with E-state index in [4.69, 9.17) is 4.74 Å². The van der Waals surface area contributed by atoms with Crippen LogP contribution in [0.25, 0.3) is 0 Å². The van der Waals surface area contributed by atoms with E-state index in [0.29, 0.717) is 5.92 Å². The van der Waals surface area contributed by atoms with Crippen molar-refractivity contribution in [2.24, 2.45) is 11.8 Å². The van der Waals surface area contributed by atoms with Gasteiger partial charge < -0.3 is 9.84 Å². The Balaban J connectivity index is 1.64. The van der Waals surface area contributed by atoms with Crippen molar-refractivity contribution in [2.45, 2.75) is 64.1 Å². The van der Waals surface area contributed by atoms with E-state index in [-0.39, 0.29) is 12.2 Å². The highest BCUT2D eigenvalue weighted by atomic mass is 16.5. The summed E-state index contributed by atoms with van der Waals surface area (Å²) in [5, 5.41) is 10.7. The lowest BCUT2D eigenvalue weighted by molar-refractivity contribution is -0.0210. The van der Waals surface area contributed by atoms with E-state index in [1.165, 1.54) is 43.2 Å². The first-order valence-corrected chi connectivity index (χ1v) is 8.65. The number of hydrogen-bond donors (Lipinski definition) is 1. The van der Waals surface area contributed by atoms with Gasteiger partial charge in [-0.25, -0.2) is 0 Å². The molecule has 0 amide bonds. The molecule has 1 fully saturated rings. The molecule has 4 atom stereocenters. The van der Waals surface area contributed by atoms with E-state index >= 15 is 0 Å². The predicted molar refractivity (Wildman–Crippen MR) is 85.2 cm³/mol. The molecule has 1 aliphatic carbocycles. The van der Waals surface area contributed by atoms with Crippen molar-refractivity contribution in [1.82, 2.24) is 0 Å². The highest BCUT2D eigenvalue weighted by Gasteiger charge is 2.30. The molecule has 0 aromatic heterocycles. The smallest absolute Gasteiger partial charge is 0.0852 e. The Morgan fingerprint density at radius 2 is 2.14 bits per heavy atom. The van der Waals surface area contributed by atoms with Gasteiger partial charge in [-0.2, -0.15) is 0 Å². The van der Waals surface area contributed by atoms with Gasteiger partial charge in [-0.3, -0.25) is 0 Å². The molecule has 0 spiro atoms. The second-order valence-electron chi connectivity index (χ2n) is 6.81. The summed E-state index contributed by atoms with van der Waals surface area (Å²) in [7, 11) is 0. The van der Waals surface area contributed by atoms with E-state index in [9.17, 15) is 5.11 Å². The summed E-state index contributed by atoms with van der Waals surface area (Å²) >= 11 is 0. The van der Waals surface area contributed by atoms with E-state index in [1.807, 2.05) is 0 Å². The van der Waals surface area contributed by atoms with Gasteiger partial charge in [0.05, 0.1) is 18.8 Å².